The van der Waals surface area contributed by atoms with Gasteiger partial charge in [0.2, 0.25) is 0 Å². The molecule has 0 aliphatic carbocycles. The summed E-state index contributed by atoms with van der Waals surface area (Å²) in [4.78, 5) is 22.1. The minimum absolute atomic E-state index is 0.207. The molecule has 25 heavy (non-hydrogen) atoms. The summed E-state index contributed by atoms with van der Waals surface area (Å²) >= 11 is 0. The number of nitrogens with one attached hydrogen (secondary N) is 1. The molecule has 0 radical (unpaired) electrons. The van der Waals surface area contributed by atoms with Crippen molar-refractivity contribution in [3.63, 3.8) is 0 Å². The van der Waals surface area contributed by atoms with Gasteiger partial charge in [0, 0.05) is 44.8 Å². The Hall–Kier alpha value is -2.41. The van der Waals surface area contributed by atoms with Crippen molar-refractivity contribution in [1.29, 1.82) is 0 Å². The number of carbonyl (C=O) groups is 1. The normalized spacial score (nSPS) is 20.5. The van der Waals surface area contributed by atoms with Crippen LogP contribution >= 0.6 is 0 Å². The molecule has 7 nitrogen and oxygen atoms in total. The molecule has 2 aliphatic heterocycles. The van der Waals surface area contributed by atoms with E-state index in [1.165, 1.54) is 0 Å². The summed E-state index contributed by atoms with van der Waals surface area (Å²) in [7, 11) is 0. The van der Waals surface area contributed by atoms with Crippen molar-refractivity contribution in [3.05, 3.63) is 42.9 Å². The quantitative estimate of drug-likeness (QED) is 0.891. The van der Waals surface area contributed by atoms with Crippen LogP contribution in [0, 0.1) is 0 Å². The Kier molecular flexibility index (Phi) is 4.40. The van der Waals surface area contributed by atoms with E-state index in [1.807, 2.05) is 46.2 Å². The van der Waals surface area contributed by atoms with E-state index in [9.17, 15) is 4.79 Å². The molecule has 132 valence electrons. The van der Waals surface area contributed by atoms with E-state index < -0.39 is 5.54 Å². The maximum atomic E-state index is 13.4. The zero-order valence-corrected chi connectivity index (χ0v) is 14.3. The molecule has 2 saturated heterocycles. The average molecular weight is 340 g/mol. The fourth-order valence-electron chi connectivity index (χ4n) is 3.88. The fraction of sp³-hybridized carbons (Fsp3) is 0.500. The molecule has 2 aromatic rings. The Morgan fingerprint density at radius 2 is 1.84 bits per heavy atom. The van der Waals surface area contributed by atoms with Crippen LogP contribution in [0.25, 0.3) is 0 Å². The zero-order valence-electron chi connectivity index (χ0n) is 14.3. The Morgan fingerprint density at radius 1 is 1.04 bits per heavy atom. The Bertz CT molecular complexity index is 688. The van der Waals surface area contributed by atoms with Crippen molar-refractivity contribution >= 4 is 11.7 Å². The lowest BCUT2D eigenvalue weighted by molar-refractivity contribution is -0.143. The summed E-state index contributed by atoms with van der Waals surface area (Å²) in [6.07, 6.45) is 7.07. The molecule has 0 saturated carbocycles. The third-order valence-electron chi connectivity index (χ3n) is 5.31. The molecule has 1 amide bonds. The first-order chi connectivity index (χ1) is 12.3. The Labute approximate surface area is 147 Å². The van der Waals surface area contributed by atoms with Gasteiger partial charge < -0.3 is 15.1 Å². The number of hydrogen-bond acceptors (Lipinski definition) is 5. The van der Waals surface area contributed by atoms with Gasteiger partial charge in [-0.05, 0) is 44.1 Å². The highest BCUT2D eigenvalue weighted by Crippen LogP contribution is 2.30. The van der Waals surface area contributed by atoms with Gasteiger partial charge in [0.05, 0.1) is 0 Å². The van der Waals surface area contributed by atoms with Crippen molar-refractivity contribution in [3.8, 4) is 0 Å². The molecule has 2 aliphatic rings. The summed E-state index contributed by atoms with van der Waals surface area (Å²) in [5.41, 5.74) is -0.540. The molecular weight excluding hydrogens is 316 g/mol. The highest BCUT2D eigenvalue weighted by molar-refractivity contribution is 5.85. The summed E-state index contributed by atoms with van der Waals surface area (Å²) in [5.74, 6) is 1.19. The number of pyridine rings is 1. The van der Waals surface area contributed by atoms with Crippen LogP contribution in [-0.2, 0) is 10.3 Å². The number of amides is 1. The van der Waals surface area contributed by atoms with Crippen LogP contribution in [0.3, 0.4) is 0 Å². The number of piperidine rings is 1. The predicted octanol–water partition coefficient (Wildman–Crippen LogP) is 0.706. The van der Waals surface area contributed by atoms with Gasteiger partial charge in [0.15, 0.2) is 0 Å². The van der Waals surface area contributed by atoms with Gasteiger partial charge in [-0.3, -0.25) is 9.48 Å². The van der Waals surface area contributed by atoms with E-state index in [0.717, 1.165) is 57.9 Å². The lowest BCUT2D eigenvalue weighted by Gasteiger charge is -2.43. The SMILES string of the molecule is O=C(N1CCN(c2ccccn2)CC1)C1(n2cccn2)CCNCC1. The van der Waals surface area contributed by atoms with E-state index in [4.69, 9.17) is 0 Å². The minimum atomic E-state index is -0.540. The summed E-state index contributed by atoms with van der Waals surface area (Å²) < 4.78 is 1.88. The first-order valence-electron chi connectivity index (χ1n) is 8.96. The largest absolute Gasteiger partial charge is 0.353 e. The number of hydrogen-bond donors (Lipinski definition) is 1. The monoisotopic (exact) mass is 340 g/mol. The summed E-state index contributed by atoms with van der Waals surface area (Å²) in [6.45, 7) is 4.78. The second-order valence-electron chi connectivity index (χ2n) is 6.70. The van der Waals surface area contributed by atoms with Crippen LogP contribution < -0.4 is 10.2 Å². The first kappa shape index (κ1) is 16.1. The molecule has 0 aromatic carbocycles. The maximum absolute atomic E-state index is 13.4. The first-order valence-corrected chi connectivity index (χ1v) is 8.96. The summed E-state index contributed by atoms with van der Waals surface area (Å²) in [5, 5.41) is 7.77. The number of aromatic nitrogens is 3. The molecule has 2 fully saturated rings. The van der Waals surface area contributed by atoms with Crippen LogP contribution in [0.2, 0.25) is 0 Å². The van der Waals surface area contributed by atoms with Gasteiger partial charge in [0.25, 0.3) is 5.91 Å². The van der Waals surface area contributed by atoms with E-state index in [2.05, 4.69) is 20.3 Å². The van der Waals surface area contributed by atoms with Crippen molar-refractivity contribution in [1.82, 2.24) is 25.0 Å². The molecule has 0 atom stereocenters. The van der Waals surface area contributed by atoms with Gasteiger partial charge in [-0.2, -0.15) is 5.10 Å². The molecule has 1 N–H and O–H groups in total. The molecule has 7 heteroatoms. The van der Waals surface area contributed by atoms with E-state index >= 15 is 0 Å². The Balaban J connectivity index is 1.49. The molecule has 0 unspecified atom stereocenters. The fourth-order valence-corrected chi connectivity index (χ4v) is 3.88. The van der Waals surface area contributed by atoms with Gasteiger partial charge in [-0.1, -0.05) is 6.07 Å². The second kappa shape index (κ2) is 6.84. The smallest absolute Gasteiger partial charge is 0.250 e. The molecule has 4 rings (SSSR count). The molecule has 4 heterocycles. The number of rotatable bonds is 3. The van der Waals surface area contributed by atoms with Crippen molar-refractivity contribution < 1.29 is 4.79 Å². The van der Waals surface area contributed by atoms with Crippen molar-refractivity contribution in [2.24, 2.45) is 0 Å². The van der Waals surface area contributed by atoms with Crippen LogP contribution in [0.15, 0.2) is 42.9 Å². The molecular formula is C18H24N6O. The molecule has 0 bridgehead atoms. The average Bonchev–Trinajstić information content (AvgIpc) is 3.24. The van der Waals surface area contributed by atoms with Crippen LogP contribution in [0.1, 0.15) is 12.8 Å². The van der Waals surface area contributed by atoms with E-state index in [1.54, 1.807) is 6.20 Å². The maximum Gasteiger partial charge on any atom is 0.250 e. The standard InChI is InChI=1S/C18H24N6O/c25-17(18(5-9-19-10-6-18)24-11-3-8-21-24)23-14-12-22(13-15-23)16-4-1-2-7-20-16/h1-4,7-8,11,19H,5-6,9-10,12-15H2. The number of carbonyl (C=O) groups excluding carboxylic acids is 1. The van der Waals surface area contributed by atoms with E-state index in [0.29, 0.717) is 0 Å². The predicted molar refractivity (Wildman–Crippen MR) is 95.3 cm³/mol. The zero-order chi connectivity index (χ0) is 17.1. The van der Waals surface area contributed by atoms with Crippen LogP contribution in [-0.4, -0.2) is 64.8 Å². The minimum Gasteiger partial charge on any atom is -0.353 e. The third kappa shape index (κ3) is 3.00. The third-order valence-corrected chi connectivity index (χ3v) is 5.31. The van der Waals surface area contributed by atoms with Gasteiger partial charge in [0.1, 0.15) is 11.4 Å². The highest BCUT2D eigenvalue weighted by atomic mass is 16.2. The Morgan fingerprint density at radius 3 is 2.48 bits per heavy atom. The number of anilines is 1. The molecule has 2 aromatic heterocycles. The van der Waals surface area contributed by atoms with E-state index in [-0.39, 0.29) is 5.91 Å². The number of piperazine rings is 1. The number of nitrogens with zero attached hydrogens (tertiary/aromatic N) is 5. The van der Waals surface area contributed by atoms with Gasteiger partial charge >= 0.3 is 0 Å². The second-order valence-corrected chi connectivity index (χ2v) is 6.70. The topological polar surface area (TPSA) is 66.3 Å². The highest BCUT2D eigenvalue weighted by Gasteiger charge is 2.44. The van der Waals surface area contributed by atoms with Crippen LogP contribution in [0.4, 0.5) is 5.82 Å². The molecule has 0 spiro atoms. The van der Waals surface area contributed by atoms with Gasteiger partial charge in [-0.25, -0.2) is 4.98 Å². The van der Waals surface area contributed by atoms with Crippen LogP contribution in [0.5, 0.6) is 0 Å². The van der Waals surface area contributed by atoms with Crippen molar-refractivity contribution in [2.75, 3.05) is 44.2 Å². The summed E-state index contributed by atoms with van der Waals surface area (Å²) in [6, 6.07) is 7.85. The lowest BCUT2D eigenvalue weighted by Crippen LogP contribution is -2.59. The van der Waals surface area contributed by atoms with Crippen molar-refractivity contribution in [2.45, 2.75) is 18.4 Å². The lowest BCUT2D eigenvalue weighted by atomic mass is 9.86. The van der Waals surface area contributed by atoms with Gasteiger partial charge in [-0.15, -0.1) is 0 Å².